The summed E-state index contributed by atoms with van der Waals surface area (Å²) in [6.07, 6.45) is 0.666. The molecule has 3 aromatic carbocycles. The molecule has 1 atom stereocenters. The van der Waals surface area contributed by atoms with Crippen LogP contribution in [0.15, 0.2) is 77.7 Å². The zero-order valence-electron chi connectivity index (χ0n) is 20.4. The van der Waals surface area contributed by atoms with Crippen molar-refractivity contribution in [2.24, 2.45) is 5.92 Å². The monoisotopic (exact) mass is 498 g/mol. The number of sulfonamides is 1. The van der Waals surface area contributed by atoms with Crippen LogP contribution in [-0.4, -0.2) is 28.0 Å². The van der Waals surface area contributed by atoms with E-state index in [9.17, 15) is 17.6 Å². The lowest BCUT2D eigenvalue weighted by molar-refractivity contribution is -0.120. The number of aryl methyl sites for hydroxylation is 1. The van der Waals surface area contributed by atoms with Crippen molar-refractivity contribution < 1.29 is 22.3 Å². The van der Waals surface area contributed by atoms with Crippen molar-refractivity contribution in [3.05, 3.63) is 89.7 Å². The highest BCUT2D eigenvalue weighted by atomic mass is 32.2. The number of hydrogen-bond donors (Lipinski definition) is 1. The maximum atomic E-state index is 13.6. The van der Waals surface area contributed by atoms with E-state index in [-0.39, 0.29) is 22.5 Å². The molecule has 3 rings (SSSR count). The second-order valence-corrected chi connectivity index (χ2v) is 10.7. The SMILES string of the molecule is COc1ccc([C@H](CC(C)C)NC(=O)CN(c2ccc(F)cc2)S(=O)(=O)c2ccc(C)cc2)cc1. The quantitative estimate of drug-likeness (QED) is 0.415. The molecule has 0 fully saturated rings. The fourth-order valence-corrected chi connectivity index (χ4v) is 5.14. The molecule has 3 aromatic rings. The molecule has 0 radical (unpaired) electrons. The summed E-state index contributed by atoms with van der Waals surface area (Å²) in [7, 11) is -2.49. The van der Waals surface area contributed by atoms with Crippen molar-refractivity contribution >= 4 is 21.6 Å². The molecule has 8 heteroatoms. The summed E-state index contributed by atoms with van der Waals surface area (Å²) < 4.78 is 46.8. The highest BCUT2D eigenvalue weighted by Crippen LogP contribution is 2.26. The number of carbonyl (C=O) groups is 1. The lowest BCUT2D eigenvalue weighted by Gasteiger charge is -2.26. The molecular weight excluding hydrogens is 467 g/mol. The number of halogens is 1. The van der Waals surface area contributed by atoms with Crippen LogP contribution in [-0.2, 0) is 14.8 Å². The Balaban J connectivity index is 1.91. The Morgan fingerprint density at radius 1 is 0.971 bits per heavy atom. The maximum Gasteiger partial charge on any atom is 0.264 e. The molecular formula is C27H31FN2O4S. The van der Waals surface area contributed by atoms with Gasteiger partial charge in [0, 0.05) is 0 Å². The van der Waals surface area contributed by atoms with Gasteiger partial charge in [0.25, 0.3) is 10.0 Å². The first-order valence-electron chi connectivity index (χ1n) is 11.4. The molecule has 1 N–H and O–H groups in total. The van der Waals surface area contributed by atoms with E-state index < -0.39 is 28.3 Å². The number of amides is 1. The predicted molar refractivity (Wildman–Crippen MR) is 135 cm³/mol. The van der Waals surface area contributed by atoms with E-state index in [2.05, 4.69) is 19.2 Å². The summed E-state index contributed by atoms with van der Waals surface area (Å²) in [6, 6.07) is 18.5. The fraction of sp³-hybridized carbons (Fsp3) is 0.296. The van der Waals surface area contributed by atoms with Crippen LogP contribution in [0.5, 0.6) is 5.75 Å². The average Bonchev–Trinajstić information content (AvgIpc) is 2.83. The van der Waals surface area contributed by atoms with E-state index >= 15 is 0 Å². The highest BCUT2D eigenvalue weighted by molar-refractivity contribution is 7.92. The number of nitrogens with one attached hydrogen (secondary N) is 1. The zero-order valence-corrected chi connectivity index (χ0v) is 21.2. The van der Waals surface area contributed by atoms with Crippen molar-refractivity contribution in [3.8, 4) is 5.75 Å². The third-order valence-electron chi connectivity index (χ3n) is 5.57. The van der Waals surface area contributed by atoms with Crippen LogP contribution in [0.2, 0.25) is 0 Å². The van der Waals surface area contributed by atoms with Gasteiger partial charge >= 0.3 is 0 Å². The van der Waals surface area contributed by atoms with E-state index in [1.54, 1.807) is 19.2 Å². The molecule has 0 spiro atoms. The molecule has 186 valence electrons. The molecule has 6 nitrogen and oxygen atoms in total. The van der Waals surface area contributed by atoms with E-state index in [0.717, 1.165) is 15.4 Å². The third-order valence-corrected chi connectivity index (χ3v) is 7.36. The molecule has 0 unspecified atom stereocenters. The lowest BCUT2D eigenvalue weighted by Crippen LogP contribution is -2.42. The van der Waals surface area contributed by atoms with E-state index in [0.29, 0.717) is 12.2 Å². The minimum Gasteiger partial charge on any atom is -0.497 e. The van der Waals surface area contributed by atoms with Crippen molar-refractivity contribution in [1.29, 1.82) is 0 Å². The molecule has 1 amide bonds. The summed E-state index contributed by atoms with van der Waals surface area (Å²) in [5.74, 6) is 0.0239. The van der Waals surface area contributed by atoms with Gasteiger partial charge in [0.15, 0.2) is 0 Å². The van der Waals surface area contributed by atoms with Gasteiger partial charge < -0.3 is 10.1 Å². The first kappa shape index (κ1) is 26.2. The average molecular weight is 499 g/mol. The number of methoxy groups -OCH3 is 1. The molecule has 0 aliphatic rings. The maximum absolute atomic E-state index is 13.6. The smallest absolute Gasteiger partial charge is 0.264 e. The van der Waals surface area contributed by atoms with Crippen LogP contribution in [0.25, 0.3) is 0 Å². The van der Waals surface area contributed by atoms with Crippen LogP contribution in [0.4, 0.5) is 10.1 Å². The van der Waals surface area contributed by atoms with Gasteiger partial charge in [0.2, 0.25) is 5.91 Å². The number of carbonyl (C=O) groups excluding carboxylic acids is 1. The predicted octanol–water partition coefficient (Wildman–Crippen LogP) is 5.24. The van der Waals surface area contributed by atoms with Crippen molar-refractivity contribution in [3.63, 3.8) is 0 Å². The first-order chi connectivity index (χ1) is 16.6. The van der Waals surface area contributed by atoms with Gasteiger partial charge in [0.1, 0.15) is 18.1 Å². The summed E-state index contributed by atoms with van der Waals surface area (Å²) in [4.78, 5) is 13.2. The standard InChI is InChI=1S/C27H31FN2O4S/c1-19(2)17-26(21-7-13-24(34-4)14-8-21)29-27(31)18-30(23-11-9-22(28)10-12-23)35(32,33)25-15-5-20(3)6-16-25/h5-16,19,26H,17-18H2,1-4H3,(H,29,31)/t26-/m0/s1. The Morgan fingerprint density at radius 3 is 2.11 bits per heavy atom. The third kappa shape index (κ3) is 6.82. The summed E-state index contributed by atoms with van der Waals surface area (Å²) in [5.41, 5.74) is 2.00. The van der Waals surface area contributed by atoms with Gasteiger partial charge in [-0.3, -0.25) is 9.10 Å². The first-order valence-corrected chi connectivity index (χ1v) is 12.8. The van der Waals surface area contributed by atoms with Gasteiger partial charge in [-0.2, -0.15) is 0 Å². The fourth-order valence-electron chi connectivity index (χ4n) is 3.72. The van der Waals surface area contributed by atoms with E-state index in [1.165, 1.54) is 36.4 Å². The van der Waals surface area contributed by atoms with Crippen LogP contribution in [0.3, 0.4) is 0 Å². The Morgan fingerprint density at radius 2 is 1.57 bits per heavy atom. The Labute approximate surface area is 206 Å². The van der Waals surface area contributed by atoms with Gasteiger partial charge in [-0.15, -0.1) is 0 Å². The Kier molecular flexibility index (Phi) is 8.51. The molecule has 0 aliphatic heterocycles. The van der Waals surface area contributed by atoms with E-state index in [1.807, 2.05) is 31.2 Å². The largest absolute Gasteiger partial charge is 0.497 e. The topological polar surface area (TPSA) is 75.7 Å². The second-order valence-electron chi connectivity index (χ2n) is 8.82. The summed E-state index contributed by atoms with van der Waals surface area (Å²) >= 11 is 0. The van der Waals surface area contributed by atoms with Crippen LogP contribution in [0.1, 0.15) is 37.4 Å². The van der Waals surface area contributed by atoms with Crippen molar-refractivity contribution in [2.75, 3.05) is 18.0 Å². The molecule has 0 heterocycles. The van der Waals surface area contributed by atoms with Crippen LogP contribution >= 0.6 is 0 Å². The summed E-state index contributed by atoms with van der Waals surface area (Å²) in [5, 5.41) is 2.99. The highest BCUT2D eigenvalue weighted by Gasteiger charge is 2.28. The number of hydrogen-bond acceptors (Lipinski definition) is 4. The minimum absolute atomic E-state index is 0.0501. The number of benzene rings is 3. The number of ether oxygens (including phenoxy) is 1. The van der Waals surface area contributed by atoms with Gasteiger partial charge in [0.05, 0.1) is 23.7 Å². The molecule has 35 heavy (non-hydrogen) atoms. The Bertz CT molecular complexity index is 1230. The normalized spacial score (nSPS) is 12.3. The number of nitrogens with zero attached hydrogens (tertiary/aromatic N) is 1. The Hall–Kier alpha value is -3.39. The number of anilines is 1. The van der Waals surface area contributed by atoms with Gasteiger partial charge in [-0.25, -0.2) is 12.8 Å². The van der Waals surface area contributed by atoms with E-state index in [4.69, 9.17) is 4.74 Å². The van der Waals surface area contributed by atoms with Crippen molar-refractivity contribution in [2.45, 2.75) is 38.1 Å². The molecule has 0 saturated carbocycles. The molecule has 0 aliphatic carbocycles. The van der Waals surface area contributed by atoms with Crippen LogP contribution in [0, 0.1) is 18.7 Å². The zero-order chi connectivity index (χ0) is 25.6. The molecule has 0 aromatic heterocycles. The van der Waals surface area contributed by atoms with Crippen molar-refractivity contribution in [1.82, 2.24) is 5.32 Å². The molecule has 0 bridgehead atoms. The van der Waals surface area contributed by atoms with Gasteiger partial charge in [-0.05, 0) is 73.4 Å². The minimum atomic E-state index is -4.08. The second kappa shape index (κ2) is 11.4. The number of rotatable bonds is 10. The van der Waals surface area contributed by atoms with Crippen LogP contribution < -0.4 is 14.4 Å². The van der Waals surface area contributed by atoms with Gasteiger partial charge in [-0.1, -0.05) is 43.7 Å². The summed E-state index contributed by atoms with van der Waals surface area (Å²) in [6.45, 7) is 5.51. The molecule has 0 saturated heterocycles. The lowest BCUT2D eigenvalue weighted by atomic mass is 9.97.